The van der Waals surface area contributed by atoms with E-state index in [4.69, 9.17) is 18.9 Å². The zero-order valence-electron chi connectivity index (χ0n) is 20.6. The Bertz CT molecular complexity index is 1020. The van der Waals surface area contributed by atoms with Gasteiger partial charge in [-0.3, -0.25) is 4.79 Å². The van der Waals surface area contributed by atoms with Gasteiger partial charge in [0.25, 0.3) is 0 Å². The van der Waals surface area contributed by atoms with Crippen LogP contribution in [-0.4, -0.2) is 44.2 Å². The fraction of sp³-hybridized carbons (Fsp3) is 0.556. The molecule has 34 heavy (non-hydrogen) atoms. The molecule has 1 unspecified atom stereocenters. The van der Waals surface area contributed by atoms with Crippen LogP contribution in [0.2, 0.25) is 0 Å². The van der Waals surface area contributed by atoms with Gasteiger partial charge in [0.1, 0.15) is 11.8 Å². The molecule has 1 saturated carbocycles. The maximum absolute atomic E-state index is 13.2. The molecule has 0 amide bonds. The van der Waals surface area contributed by atoms with Crippen molar-refractivity contribution >= 4 is 11.8 Å². The summed E-state index contributed by atoms with van der Waals surface area (Å²) >= 11 is 0. The molecule has 4 rings (SSSR count). The van der Waals surface area contributed by atoms with Crippen molar-refractivity contribution in [3.63, 3.8) is 0 Å². The van der Waals surface area contributed by atoms with Gasteiger partial charge < -0.3 is 23.9 Å². The number of carbonyl (C=O) groups is 2. The lowest BCUT2D eigenvalue weighted by Gasteiger charge is -2.24. The Hall–Kier alpha value is -2.96. The number of fused-ring (bicyclic) bond motifs is 1. The number of carbonyl (C=O) groups excluding carboxylic acids is 2. The van der Waals surface area contributed by atoms with Gasteiger partial charge in [0.2, 0.25) is 5.75 Å². The molecule has 2 aliphatic carbocycles. The molecule has 1 aromatic heterocycles. The summed E-state index contributed by atoms with van der Waals surface area (Å²) in [5.74, 6) is 1.24. The van der Waals surface area contributed by atoms with Gasteiger partial charge in [-0.15, -0.1) is 0 Å². The minimum Gasteiger partial charge on any atom is -0.493 e. The van der Waals surface area contributed by atoms with E-state index in [1.165, 1.54) is 19.3 Å². The quantitative estimate of drug-likeness (QED) is 0.560. The fourth-order valence-electron chi connectivity index (χ4n) is 5.36. The number of Topliss-reactive ketones (excluding diaryl/α,β-unsaturated/α-hetero) is 1. The van der Waals surface area contributed by atoms with Gasteiger partial charge in [0.15, 0.2) is 17.3 Å². The number of aromatic amines is 1. The molecule has 1 aromatic carbocycles. The number of methoxy groups -OCH3 is 3. The summed E-state index contributed by atoms with van der Waals surface area (Å²) in [5.41, 5.74) is 3.45. The van der Waals surface area contributed by atoms with E-state index in [-0.39, 0.29) is 23.8 Å². The Balaban J connectivity index is 1.57. The Morgan fingerprint density at radius 3 is 2.12 bits per heavy atom. The first-order valence-corrected chi connectivity index (χ1v) is 12.2. The average molecular weight is 470 g/mol. The third-order valence-electron chi connectivity index (χ3n) is 7.18. The largest absolute Gasteiger partial charge is 0.493 e. The van der Waals surface area contributed by atoms with Crippen molar-refractivity contribution in [3.05, 3.63) is 40.2 Å². The first-order valence-electron chi connectivity index (χ1n) is 12.2. The Morgan fingerprint density at radius 2 is 1.53 bits per heavy atom. The summed E-state index contributed by atoms with van der Waals surface area (Å²) in [5, 5.41) is 0. The summed E-state index contributed by atoms with van der Waals surface area (Å²) in [6, 6.07) is 3.79. The second-order valence-corrected chi connectivity index (χ2v) is 9.34. The van der Waals surface area contributed by atoms with Crippen molar-refractivity contribution in [2.24, 2.45) is 0 Å². The normalized spacial score (nSPS) is 19.1. The molecule has 0 bridgehead atoms. The molecule has 1 atom stereocenters. The van der Waals surface area contributed by atoms with Crippen LogP contribution in [0.4, 0.5) is 0 Å². The highest BCUT2D eigenvalue weighted by atomic mass is 16.5. The molecule has 1 N–H and O–H groups in total. The highest BCUT2D eigenvalue weighted by Gasteiger charge is 2.33. The summed E-state index contributed by atoms with van der Waals surface area (Å²) in [4.78, 5) is 29.5. The molecule has 0 spiro atoms. The van der Waals surface area contributed by atoms with Crippen molar-refractivity contribution in [1.29, 1.82) is 0 Å². The van der Waals surface area contributed by atoms with Crippen molar-refractivity contribution in [2.45, 2.75) is 76.7 Å². The van der Waals surface area contributed by atoms with Crippen LogP contribution in [0.3, 0.4) is 0 Å². The van der Waals surface area contributed by atoms with Gasteiger partial charge in [-0.05, 0) is 68.2 Å². The maximum atomic E-state index is 13.2. The van der Waals surface area contributed by atoms with Crippen molar-refractivity contribution < 1.29 is 28.5 Å². The molecule has 7 heteroatoms. The summed E-state index contributed by atoms with van der Waals surface area (Å²) in [7, 11) is 4.72. The van der Waals surface area contributed by atoms with Gasteiger partial charge in [-0.25, -0.2) is 4.79 Å². The molecule has 0 radical (unpaired) electrons. The first-order chi connectivity index (χ1) is 16.5. The number of H-pyrrole nitrogens is 1. The number of ketones is 1. The van der Waals surface area contributed by atoms with Crippen LogP contribution in [0, 0.1) is 6.92 Å². The van der Waals surface area contributed by atoms with Crippen LogP contribution in [0.1, 0.15) is 95.0 Å². The van der Waals surface area contributed by atoms with E-state index >= 15 is 0 Å². The molecule has 7 nitrogen and oxygen atoms in total. The van der Waals surface area contributed by atoms with E-state index in [0.717, 1.165) is 36.9 Å². The lowest BCUT2D eigenvalue weighted by molar-refractivity contribution is 0.0232. The van der Waals surface area contributed by atoms with Gasteiger partial charge >= 0.3 is 5.97 Å². The SMILES string of the molecule is COc1cc(C2CC(=O)c3c([nH]c(C(=O)OC4CCCCCCC4)c3C)C2)cc(OC)c1OC. The van der Waals surface area contributed by atoms with E-state index in [0.29, 0.717) is 46.9 Å². The monoisotopic (exact) mass is 469 g/mol. The van der Waals surface area contributed by atoms with E-state index < -0.39 is 0 Å². The van der Waals surface area contributed by atoms with Gasteiger partial charge in [-0.2, -0.15) is 0 Å². The molecule has 2 aromatic rings. The second-order valence-electron chi connectivity index (χ2n) is 9.34. The van der Waals surface area contributed by atoms with Crippen molar-refractivity contribution in [1.82, 2.24) is 4.98 Å². The van der Waals surface area contributed by atoms with E-state index in [9.17, 15) is 9.59 Å². The first kappa shape index (κ1) is 24.2. The number of benzene rings is 1. The molecule has 0 aliphatic heterocycles. The summed E-state index contributed by atoms with van der Waals surface area (Å²) in [6.07, 6.45) is 8.56. The maximum Gasteiger partial charge on any atom is 0.355 e. The second kappa shape index (κ2) is 10.5. The van der Waals surface area contributed by atoms with E-state index in [1.54, 1.807) is 21.3 Å². The lowest BCUT2D eigenvalue weighted by Crippen LogP contribution is -2.20. The number of hydrogen-bond donors (Lipinski definition) is 1. The smallest absolute Gasteiger partial charge is 0.355 e. The number of ether oxygens (including phenoxy) is 4. The molecular formula is C27H35NO6. The zero-order valence-corrected chi connectivity index (χ0v) is 20.6. The number of nitrogens with one attached hydrogen (secondary N) is 1. The standard InChI is InChI=1S/C27H35NO6/c1-16-24-20(28-25(16)27(30)34-19-10-8-6-5-7-9-11-19)12-17(13-21(24)29)18-14-22(31-2)26(33-4)23(15-18)32-3/h14-15,17,19,28H,5-13H2,1-4H3. The molecule has 184 valence electrons. The van der Waals surface area contributed by atoms with Crippen LogP contribution in [0.15, 0.2) is 12.1 Å². The van der Waals surface area contributed by atoms with Crippen LogP contribution >= 0.6 is 0 Å². The summed E-state index contributed by atoms with van der Waals surface area (Å²) < 4.78 is 22.3. The lowest BCUT2D eigenvalue weighted by atomic mass is 9.81. The number of rotatable bonds is 6. The number of esters is 1. The third-order valence-corrected chi connectivity index (χ3v) is 7.18. The fourth-order valence-corrected chi connectivity index (χ4v) is 5.36. The molecule has 2 aliphatic rings. The van der Waals surface area contributed by atoms with Crippen LogP contribution in [-0.2, 0) is 11.2 Å². The molecule has 1 fully saturated rings. The van der Waals surface area contributed by atoms with Crippen molar-refractivity contribution in [3.8, 4) is 17.2 Å². The topological polar surface area (TPSA) is 86.9 Å². The third kappa shape index (κ3) is 4.79. The predicted octanol–water partition coefficient (Wildman–Crippen LogP) is 5.53. The number of hydrogen-bond acceptors (Lipinski definition) is 6. The van der Waals surface area contributed by atoms with Crippen LogP contribution in [0.25, 0.3) is 0 Å². The van der Waals surface area contributed by atoms with Gasteiger partial charge in [0, 0.05) is 17.7 Å². The minimum absolute atomic E-state index is 0.0266. The predicted molar refractivity (Wildman–Crippen MR) is 129 cm³/mol. The van der Waals surface area contributed by atoms with Gasteiger partial charge in [-0.1, -0.05) is 19.3 Å². The summed E-state index contributed by atoms with van der Waals surface area (Å²) in [6.45, 7) is 1.84. The zero-order chi connectivity index (χ0) is 24.2. The minimum atomic E-state index is -0.352. The molecular weight excluding hydrogens is 434 g/mol. The Morgan fingerprint density at radius 1 is 0.912 bits per heavy atom. The number of aromatic nitrogens is 1. The Kier molecular flexibility index (Phi) is 7.49. The highest BCUT2D eigenvalue weighted by molar-refractivity contribution is 6.03. The average Bonchev–Trinajstić information content (AvgIpc) is 3.16. The van der Waals surface area contributed by atoms with Crippen LogP contribution in [0.5, 0.6) is 17.2 Å². The van der Waals surface area contributed by atoms with E-state index in [2.05, 4.69) is 4.98 Å². The van der Waals surface area contributed by atoms with E-state index in [1.807, 2.05) is 19.1 Å². The molecule has 1 heterocycles. The molecule has 0 saturated heterocycles. The highest BCUT2D eigenvalue weighted by Crippen LogP contribution is 2.43. The van der Waals surface area contributed by atoms with Gasteiger partial charge in [0.05, 0.1) is 21.3 Å². The Labute approximate surface area is 201 Å². The van der Waals surface area contributed by atoms with Crippen molar-refractivity contribution in [2.75, 3.05) is 21.3 Å². The van der Waals surface area contributed by atoms with Crippen LogP contribution < -0.4 is 14.2 Å².